The van der Waals surface area contributed by atoms with Crippen LogP contribution in [0.4, 0.5) is 0 Å². The Morgan fingerprint density at radius 2 is 2.05 bits per heavy atom. The highest BCUT2D eigenvalue weighted by Gasteiger charge is 2.40. The van der Waals surface area contributed by atoms with Gasteiger partial charge in [0, 0.05) is 25.6 Å². The van der Waals surface area contributed by atoms with E-state index in [1.54, 1.807) is 0 Å². The van der Waals surface area contributed by atoms with Gasteiger partial charge in [0.15, 0.2) is 0 Å². The lowest BCUT2D eigenvalue weighted by molar-refractivity contribution is -0.144. The number of carbonyl (C=O) groups excluding carboxylic acids is 1. The zero-order valence-corrected chi connectivity index (χ0v) is 13.1. The summed E-state index contributed by atoms with van der Waals surface area (Å²) in [6, 6.07) is 0.0933. The normalized spacial score (nSPS) is 29.9. The molecule has 2 aliphatic rings. The van der Waals surface area contributed by atoms with E-state index in [4.69, 9.17) is 9.84 Å². The van der Waals surface area contributed by atoms with Gasteiger partial charge in [-0.3, -0.25) is 9.59 Å². The molecule has 120 valence electrons. The number of hydrogen-bond acceptors (Lipinski definition) is 3. The zero-order chi connectivity index (χ0) is 15.4. The monoisotopic (exact) mass is 297 g/mol. The van der Waals surface area contributed by atoms with E-state index in [1.807, 2.05) is 4.90 Å². The van der Waals surface area contributed by atoms with E-state index >= 15 is 0 Å². The molecule has 2 fully saturated rings. The highest BCUT2D eigenvalue weighted by Crippen LogP contribution is 2.31. The first-order valence-corrected chi connectivity index (χ1v) is 8.14. The van der Waals surface area contributed by atoms with Crippen LogP contribution in [0.15, 0.2) is 0 Å². The second-order valence-electron chi connectivity index (χ2n) is 6.59. The number of carbonyl (C=O) groups is 2. The SMILES string of the molecule is CC(C)C1OCCC1C(=O)N1CCCCC1CCC(=O)O. The van der Waals surface area contributed by atoms with E-state index in [9.17, 15) is 9.59 Å². The van der Waals surface area contributed by atoms with Crippen molar-refractivity contribution in [1.29, 1.82) is 0 Å². The molecule has 2 heterocycles. The van der Waals surface area contributed by atoms with Gasteiger partial charge in [0.05, 0.1) is 12.0 Å². The second-order valence-corrected chi connectivity index (χ2v) is 6.59. The second kappa shape index (κ2) is 7.25. The van der Waals surface area contributed by atoms with Crippen LogP contribution >= 0.6 is 0 Å². The van der Waals surface area contributed by atoms with Crippen molar-refractivity contribution in [3.05, 3.63) is 0 Å². The van der Waals surface area contributed by atoms with Gasteiger partial charge in [-0.15, -0.1) is 0 Å². The van der Waals surface area contributed by atoms with Crippen molar-refractivity contribution in [1.82, 2.24) is 4.90 Å². The summed E-state index contributed by atoms with van der Waals surface area (Å²) in [6.07, 6.45) is 4.56. The van der Waals surface area contributed by atoms with Gasteiger partial charge in [-0.05, 0) is 38.0 Å². The van der Waals surface area contributed by atoms with Crippen LogP contribution in [0.2, 0.25) is 0 Å². The minimum absolute atomic E-state index is 0.0135. The Hall–Kier alpha value is -1.10. The predicted octanol–water partition coefficient (Wildman–Crippen LogP) is 2.29. The van der Waals surface area contributed by atoms with E-state index < -0.39 is 5.97 Å². The Labute approximate surface area is 126 Å². The molecule has 1 N–H and O–H groups in total. The van der Waals surface area contributed by atoms with Crippen LogP contribution in [-0.2, 0) is 14.3 Å². The Morgan fingerprint density at radius 3 is 2.71 bits per heavy atom. The van der Waals surface area contributed by atoms with Crippen molar-refractivity contribution in [2.45, 2.75) is 64.5 Å². The smallest absolute Gasteiger partial charge is 0.303 e. The fourth-order valence-electron chi connectivity index (χ4n) is 3.63. The third-order valence-corrected chi connectivity index (χ3v) is 4.71. The van der Waals surface area contributed by atoms with E-state index in [0.717, 1.165) is 32.2 Å². The van der Waals surface area contributed by atoms with Gasteiger partial charge in [0.25, 0.3) is 0 Å². The average Bonchev–Trinajstić information content (AvgIpc) is 2.94. The van der Waals surface area contributed by atoms with E-state index in [2.05, 4.69) is 13.8 Å². The maximum atomic E-state index is 12.9. The first-order valence-electron chi connectivity index (χ1n) is 8.14. The molecule has 0 radical (unpaired) electrons. The molecule has 0 aromatic rings. The number of ether oxygens (including phenoxy) is 1. The van der Waals surface area contributed by atoms with Crippen LogP contribution in [0.1, 0.15) is 52.4 Å². The summed E-state index contributed by atoms with van der Waals surface area (Å²) in [5, 5.41) is 8.87. The van der Waals surface area contributed by atoms with Crippen molar-refractivity contribution < 1.29 is 19.4 Å². The molecule has 0 aromatic carbocycles. The van der Waals surface area contributed by atoms with E-state index in [-0.39, 0.29) is 30.4 Å². The van der Waals surface area contributed by atoms with Crippen molar-refractivity contribution in [2.24, 2.45) is 11.8 Å². The minimum atomic E-state index is -0.780. The molecule has 3 atom stereocenters. The standard InChI is InChI=1S/C16H27NO4/c1-11(2)15-13(8-10-21-15)16(20)17-9-4-3-5-12(17)6-7-14(18)19/h11-13,15H,3-10H2,1-2H3,(H,18,19). The number of rotatable bonds is 5. The van der Waals surface area contributed by atoms with Crippen molar-refractivity contribution in [2.75, 3.05) is 13.2 Å². The van der Waals surface area contributed by atoms with Gasteiger partial charge in [0.2, 0.25) is 5.91 Å². The molecule has 21 heavy (non-hydrogen) atoms. The van der Waals surface area contributed by atoms with Gasteiger partial charge in [-0.1, -0.05) is 13.8 Å². The van der Waals surface area contributed by atoms with Gasteiger partial charge >= 0.3 is 5.97 Å². The lowest BCUT2D eigenvalue weighted by Gasteiger charge is -2.38. The van der Waals surface area contributed by atoms with Crippen molar-refractivity contribution >= 4 is 11.9 Å². The maximum absolute atomic E-state index is 12.9. The lowest BCUT2D eigenvalue weighted by atomic mass is 9.89. The lowest BCUT2D eigenvalue weighted by Crippen LogP contribution is -2.48. The molecule has 0 saturated carbocycles. The van der Waals surface area contributed by atoms with Crippen LogP contribution in [0.25, 0.3) is 0 Å². The van der Waals surface area contributed by atoms with Gasteiger partial charge in [-0.2, -0.15) is 0 Å². The molecule has 2 saturated heterocycles. The fraction of sp³-hybridized carbons (Fsp3) is 0.875. The highest BCUT2D eigenvalue weighted by molar-refractivity contribution is 5.80. The molecular formula is C16H27NO4. The number of aliphatic carboxylic acids is 1. The zero-order valence-electron chi connectivity index (χ0n) is 13.1. The highest BCUT2D eigenvalue weighted by atomic mass is 16.5. The molecular weight excluding hydrogens is 270 g/mol. The molecule has 2 aliphatic heterocycles. The number of likely N-dealkylation sites (tertiary alicyclic amines) is 1. The summed E-state index contributed by atoms with van der Waals surface area (Å²) in [6.45, 7) is 5.61. The summed E-state index contributed by atoms with van der Waals surface area (Å²) >= 11 is 0. The van der Waals surface area contributed by atoms with Crippen molar-refractivity contribution in [3.63, 3.8) is 0 Å². The molecule has 1 amide bonds. The third kappa shape index (κ3) is 3.96. The molecule has 0 bridgehead atoms. The first kappa shape index (κ1) is 16.3. The Kier molecular flexibility index (Phi) is 5.62. The van der Waals surface area contributed by atoms with Crippen LogP contribution in [-0.4, -0.2) is 47.2 Å². The van der Waals surface area contributed by atoms with Crippen LogP contribution in [0, 0.1) is 11.8 Å². The van der Waals surface area contributed by atoms with Crippen molar-refractivity contribution in [3.8, 4) is 0 Å². The van der Waals surface area contributed by atoms with Gasteiger partial charge in [0.1, 0.15) is 0 Å². The molecule has 0 spiro atoms. The third-order valence-electron chi connectivity index (χ3n) is 4.71. The van der Waals surface area contributed by atoms with Crippen LogP contribution < -0.4 is 0 Å². The topological polar surface area (TPSA) is 66.8 Å². The Morgan fingerprint density at radius 1 is 1.29 bits per heavy atom. The summed E-state index contributed by atoms with van der Waals surface area (Å²) < 4.78 is 5.73. The molecule has 2 rings (SSSR count). The van der Waals surface area contributed by atoms with E-state index in [1.165, 1.54) is 0 Å². The average molecular weight is 297 g/mol. The quantitative estimate of drug-likeness (QED) is 0.845. The van der Waals surface area contributed by atoms with Crippen LogP contribution in [0.3, 0.4) is 0 Å². The maximum Gasteiger partial charge on any atom is 0.303 e. The van der Waals surface area contributed by atoms with Gasteiger partial charge < -0.3 is 14.7 Å². The molecule has 0 aliphatic carbocycles. The van der Waals surface area contributed by atoms with E-state index in [0.29, 0.717) is 18.9 Å². The summed E-state index contributed by atoms with van der Waals surface area (Å²) in [5.41, 5.74) is 0. The Bertz CT molecular complexity index is 382. The fourth-order valence-corrected chi connectivity index (χ4v) is 3.63. The molecule has 5 nitrogen and oxygen atoms in total. The first-order chi connectivity index (χ1) is 10.0. The number of piperidine rings is 1. The Balaban J connectivity index is 2.02. The number of nitrogens with zero attached hydrogens (tertiary/aromatic N) is 1. The summed E-state index contributed by atoms with van der Waals surface area (Å²) in [5.74, 6) is -0.308. The summed E-state index contributed by atoms with van der Waals surface area (Å²) in [4.78, 5) is 25.6. The van der Waals surface area contributed by atoms with Gasteiger partial charge in [-0.25, -0.2) is 0 Å². The van der Waals surface area contributed by atoms with Crippen LogP contribution in [0.5, 0.6) is 0 Å². The predicted molar refractivity (Wildman–Crippen MR) is 78.9 cm³/mol. The largest absolute Gasteiger partial charge is 0.481 e. The number of hydrogen-bond donors (Lipinski definition) is 1. The number of carboxylic acid groups (broad SMARTS) is 1. The molecule has 0 aromatic heterocycles. The minimum Gasteiger partial charge on any atom is -0.481 e. The molecule has 5 heteroatoms. The summed E-state index contributed by atoms with van der Waals surface area (Å²) in [7, 11) is 0. The number of carboxylic acids is 1. The molecule has 3 unspecified atom stereocenters. The number of amides is 1.